The fraction of sp³-hybridized carbons (Fsp3) is 0.733. The molecule has 118 valence electrons. The third-order valence-electron chi connectivity index (χ3n) is 3.99. The second-order valence-electron chi connectivity index (χ2n) is 6.00. The maximum absolute atomic E-state index is 12.4. The number of aromatic nitrogens is 2. The summed E-state index contributed by atoms with van der Waals surface area (Å²) < 4.78 is 1.30. The molecule has 2 heterocycles. The lowest BCUT2D eigenvalue weighted by Crippen LogP contribution is -2.40. The van der Waals surface area contributed by atoms with Crippen LogP contribution in [0.25, 0.3) is 0 Å². The third-order valence-corrected chi connectivity index (χ3v) is 4.32. The number of aromatic amines is 1. The minimum absolute atomic E-state index is 0.190. The summed E-state index contributed by atoms with van der Waals surface area (Å²) in [5.74, 6) is 0.262. The molecule has 1 aromatic rings. The van der Waals surface area contributed by atoms with Crippen molar-refractivity contribution in [2.75, 3.05) is 19.6 Å². The second kappa shape index (κ2) is 7.27. The monoisotopic (exact) mass is 313 g/mol. The van der Waals surface area contributed by atoms with E-state index >= 15 is 0 Å². The Labute approximate surface area is 129 Å². The fourth-order valence-corrected chi connectivity index (χ4v) is 3.25. The second-order valence-corrected chi connectivity index (χ2v) is 6.38. The summed E-state index contributed by atoms with van der Waals surface area (Å²) in [5, 5.41) is 0.190. The van der Waals surface area contributed by atoms with Gasteiger partial charge >= 0.3 is 5.69 Å². The SMILES string of the molecule is CCCc1c(Cl)[nH]c(=O)n(CC(C)CN2CCCC2)c1=O. The number of nitrogens with one attached hydrogen (secondary N) is 1. The van der Waals surface area contributed by atoms with Gasteiger partial charge in [0.15, 0.2) is 0 Å². The Balaban J connectivity index is 2.16. The van der Waals surface area contributed by atoms with Gasteiger partial charge < -0.3 is 4.90 Å². The van der Waals surface area contributed by atoms with E-state index in [9.17, 15) is 9.59 Å². The number of H-pyrrole nitrogens is 1. The molecule has 5 nitrogen and oxygen atoms in total. The Morgan fingerprint density at radius 2 is 1.90 bits per heavy atom. The van der Waals surface area contributed by atoms with Gasteiger partial charge in [0.25, 0.3) is 5.56 Å². The molecular formula is C15H24ClN3O2. The van der Waals surface area contributed by atoms with Gasteiger partial charge in [-0.2, -0.15) is 0 Å². The van der Waals surface area contributed by atoms with Crippen molar-refractivity contribution in [3.05, 3.63) is 31.6 Å². The summed E-state index contributed by atoms with van der Waals surface area (Å²) in [6.45, 7) is 7.68. The number of rotatable bonds is 6. The minimum atomic E-state index is -0.405. The molecule has 0 amide bonds. The highest BCUT2D eigenvalue weighted by Gasteiger charge is 2.18. The first-order valence-corrected chi connectivity index (χ1v) is 8.14. The first-order valence-electron chi connectivity index (χ1n) is 7.76. The standard InChI is InChI=1S/C15H24ClN3O2/c1-3-6-12-13(16)17-15(21)19(14(12)20)10-11(2)9-18-7-4-5-8-18/h11H,3-10H2,1-2H3,(H,17,21). The highest BCUT2D eigenvalue weighted by atomic mass is 35.5. The summed E-state index contributed by atoms with van der Waals surface area (Å²) in [7, 11) is 0. The van der Waals surface area contributed by atoms with Crippen LogP contribution >= 0.6 is 11.6 Å². The van der Waals surface area contributed by atoms with Crippen molar-refractivity contribution in [1.82, 2.24) is 14.5 Å². The van der Waals surface area contributed by atoms with Gasteiger partial charge in [0.05, 0.1) is 5.56 Å². The smallest absolute Gasteiger partial charge is 0.303 e. The van der Waals surface area contributed by atoms with E-state index in [0.717, 1.165) is 26.1 Å². The Morgan fingerprint density at radius 1 is 1.24 bits per heavy atom. The van der Waals surface area contributed by atoms with E-state index in [-0.39, 0.29) is 16.6 Å². The number of likely N-dealkylation sites (tertiary alicyclic amines) is 1. The zero-order chi connectivity index (χ0) is 15.4. The first-order chi connectivity index (χ1) is 10.0. The number of halogens is 1. The average Bonchev–Trinajstić information content (AvgIpc) is 2.92. The Kier molecular flexibility index (Phi) is 5.65. The van der Waals surface area contributed by atoms with E-state index in [1.54, 1.807) is 0 Å². The van der Waals surface area contributed by atoms with Gasteiger partial charge in [0.2, 0.25) is 0 Å². The minimum Gasteiger partial charge on any atom is -0.303 e. The lowest BCUT2D eigenvalue weighted by atomic mass is 10.1. The quantitative estimate of drug-likeness (QED) is 0.816. The molecule has 1 unspecified atom stereocenters. The van der Waals surface area contributed by atoms with E-state index in [0.29, 0.717) is 18.5 Å². The predicted octanol–water partition coefficient (Wildman–Crippen LogP) is 1.87. The molecule has 0 saturated carbocycles. The van der Waals surface area contributed by atoms with Crippen LogP contribution in [-0.2, 0) is 13.0 Å². The Hall–Kier alpha value is -1.07. The lowest BCUT2D eigenvalue weighted by Gasteiger charge is -2.20. The fourth-order valence-electron chi connectivity index (χ4n) is 2.99. The van der Waals surface area contributed by atoms with Crippen LogP contribution in [-0.4, -0.2) is 34.1 Å². The van der Waals surface area contributed by atoms with Crippen molar-refractivity contribution in [2.45, 2.75) is 46.1 Å². The zero-order valence-corrected chi connectivity index (χ0v) is 13.6. The molecule has 1 fully saturated rings. The maximum atomic E-state index is 12.4. The summed E-state index contributed by atoms with van der Waals surface area (Å²) >= 11 is 5.98. The molecule has 1 aliphatic heterocycles. The summed E-state index contributed by atoms with van der Waals surface area (Å²) in [6, 6.07) is 0. The Bertz CT molecular complexity index is 588. The number of nitrogens with zero attached hydrogens (tertiary/aromatic N) is 2. The van der Waals surface area contributed by atoms with Crippen LogP contribution in [0.1, 0.15) is 38.7 Å². The molecule has 1 N–H and O–H groups in total. The van der Waals surface area contributed by atoms with Crippen molar-refractivity contribution in [3.63, 3.8) is 0 Å². The van der Waals surface area contributed by atoms with Crippen molar-refractivity contribution in [1.29, 1.82) is 0 Å². The summed E-state index contributed by atoms with van der Waals surface area (Å²) in [4.78, 5) is 29.4. The van der Waals surface area contributed by atoms with Gasteiger partial charge in [0, 0.05) is 13.1 Å². The van der Waals surface area contributed by atoms with Crippen molar-refractivity contribution in [3.8, 4) is 0 Å². The van der Waals surface area contributed by atoms with Crippen LogP contribution in [0.5, 0.6) is 0 Å². The van der Waals surface area contributed by atoms with Crippen molar-refractivity contribution >= 4 is 11.6 Å². The van der Waals surface area contributed by atoms with Crippen molar-refractivity contribution in [2.24, 2.45) is 5.92 Å². The molecule has 1 aliphatic rings. The van der Waals surface area contributed by atoms with Gasteiger partial charge in [-0.25, -0.2) is 4.79 Å². The molecule has 0 bridgehead atoms. The topological polar surface area (TPSA) is 58.1 Å². The largest absolute Gasteiger partial charge is 0.329 e. The average molecular weight is 314 g/mol. The maximum Gasteiger partial charge on any atom is 0.329 e. The molecule has 21 heavy (non-hydrogen) atoms. The molecular weight excluding hydrogens is 290 g/mol. The molecule has 0 radical (unpaired) electrons. The summed E-state index contributed by atoms with van der Waals surface area (Å²) in [5.41, 5.74) is -0.121. The molecule has 6 heteroatoms. The zero-order valence-electron chi connectivity index (χ0n) is 12.8. The number of hydrogen-bond acceptors (Lipinski definition) is 3. The molecule has 1 aromatic heterocycles. The van der Waals surface area contributed by atoms with Crippen LogP contribution in [0.15, 0.2) is 9.59 Å². The van der Waals surface area contributed by atoms with Crippen LogP contribution in [0, 0.1) is 5.92 Å². The molecule has 0 aliphatic carbocycles. The van der Waals surface area contributed by atoms with Gasteiger partial charge in [-0.15, -0.1) is 0 Å². The van der Waals surface area contributed by atoms with Crippen molar-refractivity contribution < 1.29 is 0 Å². The normalized spacial score (nSPS) is 17.3. The van der Waals surface area contributed by atoms with Crippen LogP contribution in [0.4, 0.5) is 0 Å². The van der Waals surface area contributed by atoms with Crippen LogP contribution in [0.3, 0.4) is 0 Å². The lowest BCUT2D eigenvalue weighted by molar-refractivity contribution is 0.268. The summed E-state index contributed by atoms with van der Waals surface area (Å²) in [6.07, 6.45) is 3.91. The molecule has 0 spiro atoms. The third kappa shape index (κ3) is 3.98. The molecule has 1 saturated heterocycles. The van der Waals surface area contributed by atoms with Gasteiger partial charge in [-0.1, -0.05) is 31.9 Å². The van der Waals surface area contributed by atoms with Gasteiger partial charge in [0.1, 0.15) is 5.15 Å². The molecule has 1 atom stereocenters. The number of hydrogen-bond donors (Lipinski definition) is 1. The highest BCUT2D eigenvalue weighted by Crippen LogP contribution is 2.12. The van der Waals surface area contributed by atoms with E-state index in [1.165, 1.54) is 17.4 Å². The predicted molar refractivity (Wildman–Crippen MR) is 85.2 cm³/mol. The van der Waals surface area contributed by atoms with Crippen LogP contribution in [0.2, 0.25) is 5.15 Å². The van der Waals surface area contributed by atoms with E-state index < -0.39 is 5.69 Å². The van der Waals surface area contributed by atoms with E-state index in [2.05, 4.69) is 16.8 Å². The van der Waals surface area contributed by atoms with Gasteiger partial charge in [-0.05, 0) is 38.3 Å². The Morgan fingerprint density at radius 3 is 2.52 bits per heavy atom. The first kappa shape index (κ1) is 16.3. The van der Waals surface area contributed by atoms with Gasteiger partial charge in [-0.3, -0.25) is 14.3 Å². The molecule has 0 aromatic carbocycles. The molecule has 2 rings (SSSR count). The van der Waals surface area contributed by atoms with E-state index in [1.807, 2.05) is 6.92 Å². The van der Waals surface area contributed by atoms with Crippen LogP contribution < -0.4 is 11.2 Å². The highest BCUT2D eigenvalue weighted by molar-refractivity contribution is 6.30. The van der Waals surface area contributed by atoms with E-state index in [4.69, 9.17) is 11.6 Å².